The predicted octanol–water partition coefficient (Wildman–Crippen LogP) is 18.1. The topological polar surface area (TPSA) is 6.48 Å². The van der Waals surface area contributed by atoms with Crippen LogP contribution in [0.5, 0.6) is 0 Å². The molecule has 2 aliphatic rings. The molecule has 0 saturated carbocycles. The lowest BCUT2D eigenvalue weighted by atomic mass is 9.33. The van der Waals surface area contributed by atoms with Gasteiger partial charge >= 0.3 is 0 Å². The van der Waals surface area contributed by atoms with Crippen molar-refractivity contribution in [3.8, 4) is 66.8 Å². The molecule has 0 fully saturated rings. The van der Waals surface area contributed by atoms with Gasteiger partial charge in [0.05, 0.1) is 11.4 Å². The van der Waals surface area contributed by atoms with Gasteiger partial charge in [-0.3, -0.25) is 0 Å². The second-order valence-electron chi connectivity index (χ2n) is 21.1. The van der Waals surface area contributed by atoms with Gasteiger partial charge in [0.25, 0.3) is 6.71 Å². The van der Waals surface area contributed by atoms with Gasteiger partial charge in [-0.25, -0.2) is 0 Å². The monoisotopic (exact) mass is 994 g/mol. The summed E-state index contributed by atoms with van der Waals surface area (Å²) in [7, 11) is 0. The highest BCUT2D eigenvalue weighted by atomic mass is 15.2. The van der Waals surface area contributed by atoms with Crippen molar-refractivity contribution < 1.29 is 0 Å². The molecule has 0 aliphatic carbocycles. The van der Waals surface area contributed by atoms with Crippen molar-refractivity contribution in [3.05, 3.63) is 308 Å². The Bertz CT molecular complexity index is 3840. The Kier molecular flexibility index (Phi) is 11.7. The third-order valence-electron chi connectivity index (χ3n) is 16.4. The third-order valence-corrected chi connectivity index (χ3v) is 16.4. The van der Waals surface area contributed by atoms with Crippen molar-refractivity contribution in [2.45, 2.75) is 19.3 Å². The van der Waals surface area contributed by atoms with Gasteiger partial charge in [0, 0.05) is 50.4 Å². The molecule has 0 radical (unpaired) electrons. The van der Waals surface area contributed by atoms with E-state index in [2.05, 4.69) is 321 Å². The van der Waals surface area contributed by atoms with E-state index in [-0.39, 0.29) is 6.71 Å². The van der Waals surface area contributed by atoms with Gasteiger partial charge in [-0.1, -0.05) is 287 Å². The van der Waals surface area contributed by atoms with Crippen molar-refractivity contribution in [1.82, 2.24) is 0 Å². The van der Waals surface area contributed by atoms with Gasteiger partial charge in [0.2, 0.25) is 0 Å². The Balaban J connectivity index is 1.08. The van der Waals surface area contributed by atoms with Crippen molar-refractivity contribution in [2.75, 3.05) is 9.80 Å². The minimum Gasteiger partial charge on any atom is -0.310 e. The van der Waals surface area contributed by atoms with Crippen LogP contribution in [-0.2, 0) is 5.41 Å². The summed E-state index contributed by atoms with van der Waals surface area (Å²) in [4.78, 5) is 5.26. The minimum atomic E-state index is -0.466. The van der Waals surface area contributed by atoms with Gasteiger partial charge in [0.1, 0.15) is 0 Å². The van der Waals surface area contributed by atoms with E-state index in [0.29, 0.717) is 0 Å². The van der Waals surface area contributed by atoms with Crippen LogP contribution in [0.1, 0.15) is 25.0 Å². The first-order valence-electron chi connectivity index (χ1n) is 27.2. The van der Waals surface area contributed by atoms with E-state index in [1.807, 2.05) is 0 Å². The van der Waals surface area contributed by atoms with Crippen LogP contribution in [0, 0.1) is 0 Å². The fourth-order valence-corrected chi connectivity index (χ4v) is 12.5. The molecular weight excluding hydrogens is 940 g/mol. The second kappa shape index (κ2) is 19.5. The average molecular weight is 995 g/mol. The molecule has 0 aromatic heterocycles. The van der Waals surface area contributed by atoms with Crippen molar-refractivity contribution >= 4 is 57.2 Å². The third kappa shape index (κ3) is 7.89. The first kappa shape index (κ1) is 46.8. The highest BCUT2D eigenvalue weighted by molar-refractivity contribution is 7.00. The largest absolute Gasteiger partial charge is 0.310 e. The molecule has 2 aliphatic heterocycles. The number of anilines is 6. The zero-order valence-corrected chi connectivity index (χ0v) is 43.8. The lowest BCUT2D eigenvalue weighted by molar-refractivity contribution is 0.641. The maximum Gasteiger partial charge on any atom is 0.252 e. The number of hydrogen-bond acceptors (Lipinski definition) is 2. The maximum absolute atomic E-state index is 2.63. The van der Waals surface area contributed by atoms with Crippen LogP contribution >= 0.6 is 0 Å². The molecule has 2 nitrogen and oxygen atoms in total. The number of fused-ring (bicyclic) bond motifs is 4. The summed E-state index contributed by atoms with van der Waals surface area (Å²) in [5.41, 5.74) is 27.0. The Hall–Kier alpha value is -9.70. The van der Waals surface area contributed by atoms with Crippen molar-refractivity contribution in [3.63, 3.8) is 0 Å². The summed E-state index contributed by atoms with van der Waals surface area (Å²) in [5.74, 6) is 0. The fourth-order valence-electron chi connectivity index (χ4n) is 12.5. The van der Waals surface area contributed by atoms with Crippen LogP contribution in [0.25, 0.3) is 66.8 Å². The Morgan fingerprint density at radius 3 is 0.923 bits per heavy atom. The molecule has 78 heavy (non-hydrogen) atoms. The Morgan fingerprint density at radius 2 is 0.551 bits per heavy atom. The molecule has 0 amide bonds. The maximum atomic E-state index is 2.63. The van der Waals surface area contributed by atoms with Crippen LogP contribution in [0.2, 0.25) is 0 Å². The highest BCUT2D eigenvalue weighted by Gasteiger charge is 2.45. The molecule has 0 spiro atoms. The highest BCUT2D eigenvalue weighted by Crippen LogP contribution is 2.53. The van der Waals surface area contributed by atoms with E-state index in [1.165, 1.54) is 117 Å². The normalized spacial score (nSPS) is 12.4. The number of rotatable bonds is 10. The molecule has 0 saturated heterocycles. The van der Waals surface area contributed by atoms with Crippen molar-refractivity contribution in [1.29, 1.82) is 0 Å². The standard InChI is InChI=1S/C75H55BN2/c1-75(2,58-48-46-57(47-49-58)61-37-19-18-36-60(61)52-26-8-3-9-27-52)59-50-70-72-71(51-59)78(74-64(55-32-14-6-15-33-55)40-25-41-65(74)56-34-16-7-17-35-56)69-45-23-21-43-67(69)76(72)66-42-20-22-44-68(66)77(70)73-62(53-28-10-4-11-29-53)38-24-39-63(73)54-30-12-5-13-31-54/h3-51H,1-2H3. The Labute approximate surface area is 458 Å². The summed E-state index contributed by atoms with van der Waals surface area (Å²) in [6.07, 6.45) is 0. The van der Waals surface area contributed by atoms with E-state index in [0.717, 1.165) is 11.4 Å². The number of nitrogens with zero attached hydrogens (tertiary/aromatic N) is 2. The minimum absolute atomic E-state index is 0.0656. The van der Waals surface area contributed by atoms with E-state index >= 15 is 0 Å². The molecule has 0 N–H and O–H groups in total. The fraction of sp³-hybridized carbons (Fsp3) is 0.0400. The van der Waals surface area contributed by atoms with Crippen LogP contribution in [0.15, 0.2) is 297 Å². The molecule has 0 bridgehead atoms. The van der Waals surface area contributed by atoms with Crippen LogP contribution in [0.3, 0.4) is 0 Å². The number of para-hydroxylation sites is 4. The van der Waals surface area contributed by atoms with E-state index in [4.69, 9.17) is 0 Å². The van der Waals surface area contributed by atoms with Gasteiger partial charge in [-0.2, -0.15) is 0 Å². The molecule has 0 atom stereocenters. The number of benzene rings is 12. The number of hydrogen-bond donors (Lipinski definition) is 0. The average Bonchev–Trinajstić information content (AvgIpc) is 3.70. The molecular formula is C75H55BN2. The first-order chi connectivity index (χ1) is 38.5. The van der Waals surface area contributed by atoms with Crippen molar-refractivity contribution in [2.24, 2.45) is 0 Å². The summed E-state index contributed by atoms with van der Waals surface area (Å²) in [6.45, 7) is 4.76. The predicted molar refractivity (Wildman–Crippen MR) is 332 cm³/mol. The molecule has 12 aromatic carbocycles. The lowest BCUT2D eigenvalue weighted by Gasteiger charge is -2.46. The SMILES string of the molecule is CC(C)(c1ccc(-c2ccccc2-c2ccccc2)cc1)c1cc2c3c(c1)N(c1c(-c4ccccc4)cccc1-c1ccccc1)c1ccccc1B3c1ccccc1N2c1c(-c2ccccc2)cccc1-c1ccccc1. The lowest BCUT2D eigenvalue weighted by Crippen LogP contribution is -2.61. The quantitative estimate of drug-likeness (QED) is 0.126. The van der Waals surface area contributed by atoms with E-state index < -0.39 is 5.41 Å². The van der Waals surface area contributed by atoms with Gasteiger partial charge in [0.15, 0.2) is 0 Å². The molecule has 2 heterocycles. The molecule has 14 rings (SSSR count). The summed E-state index contributed by atoms with van der Waals surface area (Å²) in [6, 6.07) is 110. The smallest absolute Gasteiger partial charge is 0.252 e. The molecule has 3 heteroatoms. The van der Waals surface area contributed by atoms with E-state index in [9.17, 15) is 0 Å². The zero-order valence-electron chi connectivity index (χ0n) is 43.8. The molecule has 12 aromatic rings. The first-order valence-corrected chi connectivity index (χ1v) is 27.2. The van der Waals surface area contributed by atoms with Gasteiger partial charge in [-0.15, -0.1) is 0 Å². The summed E-state index contributed by atoms with van der Waals surface area (Å²) in [5, 5.41) is 0. The van der Waals surface area contributed by atoms with Gasteiger partial charge in [-0.05, 0) is 96.3 Å². The van der Waals surface area contributed by atoms with Crippen LogP contribution in [-0.4, -0.2) is 6.71 Å². The van der Waals surface area contributed by atoms with E-state index in [1.54, 1.807) is 0 Å². The summed E-state index contributed by atoms with van der Waals surface area (Å²) >= 11 is 0. The summed E-state index contributed by atoms with van der Waals surface area (Å²) < 4.78 is 0. The van der Waals surface area contributed by atoms with Gasteiger partial charge < -0.3 is 9.80 Å². The molecule has 368 valence electrons. The van der Waals surface area contributed by atoms with Crippen LogP contribution in [0.4, 0.5) is 34.1 Å². The molecule has 0 unspecified atom stereocenters. The Morgan fingerprint density at radius 1 is 0.256 bits per heavy atom. The van der Waals surface area contributed by atoms with Crippen LogP contribution < -0.4 is 26.2 Å². The zero-order chi connectivity index (χ0) is 52.2. The second-order valence-corrected chi connectivity index (χ2v) is 21.1.